The Morgan fingerprint density at radius 2 is 1.81 bits per heavy atom. The average Bonchev–Trinajstić information content (AvgIpc) is 2.53. The lowest BCUT2D eigenvalue weighted by Gasteiger charge is -2.15. The molecule has 0 atom stereocenters. The number of halogens is 1. The Kier molecular flexibility index (Phi) is 8.81. The molecule has 1 N–H and O–H groups in total. The Hall–Kier alpha value is -1.86. The number of aromatic nitrogens is 2. The van der Waals surface area contributed by atoms with Gasteiger partial charge in [-0.1, -0.05) is 12.1 Å². The molecule has 0 spiro atoms. The maximum atomic E-state index is 12.3. The van der Waals surface area contributed by atoms with Crippen LogP contribution in [0.3, 0.4) is 0 Å². The fourth-order valence-corrected chi connectivity index (χ4v) is 3.16. The van der Waals surface area contributed by atoms with E-state index in [1.807, 2.05) is 52.0 Å². The molecule has 26 heavy (non-hydrogen) atoms. The van der Waals surface area contributed by atoms with E-state index in [2.05, 4.69) is 20.3 Å². The van der Waals surface area contributed by atoms with E-state index in [-0.39, 0.29) is 36.8 Å². The highest BCUT2D eigenvalue weighted by molar-refractivity contribution is 8.13. The van der Waals surface area contributed by atoms with Crippen molar-refractivity contribution in [3.05, 3.63) is 30.0 Å². The van der Waals surface area contributed by atoms with E-state index in [0.717, 1.165) is 5.52 Å². The second-order valence-corrected chi connectivity index (χ2v) is 6.99. The van der Waals surface area contributed by atoms with Crippen LogP contribution in [-0.2, 0) is 4.74 Å². The fourth-order valence-electron chi connectivity index (χ4n) is 2.05. The number of nitrogens with one attached hydrogen (secondary N) is 1. The third-order valence-corrected chi connectivity index (χ3v) is 3.88. The Morgan fingerprint density at radius 3 is 2.35 bits per heavy atom. The number of para-hydroxylation sites is 2. The van der Waals surface area contributed by atoms with Crippen molar-refractivity contribution in [3.63, 3.8) is 0 Å². The predicted octanol–water partition coefficient (Wildman–Crippen LogP) is 4.08. The number of fused-ring (bicyclic) bond motifs is 1. The largest absolute Gasteiger partial charge is 0.461 e. The SMILES string of the molecule is CCOC(=O)c1nc2ccccc2nc1SC(=NC(C)C)NC(C)C.Cl. The number of amidine groups is 1. The minimum Gasteiger partial charge on any atom is -0.461 e. The van der Waals surface area contributed by atoms with Crippen LogP contribution in [0.1, 0.15) is 45.1 Å². The molecule has 0 saturated heterocycles. The molecule has 0 aliphatic heterocycles. The van der Waals surface area contributed by atoms with Crippen LogP contribution in [0.4, 0.5) is 0 Å². The normalized spacial score (nSPS) is 11.6. The van der Waals surface area contributed by atoms with Crippen LogP contribution in [0.15, 0.2) is 34.3 Å². The van der Waals surface area contributed by atoms with E-state index in [4.69, 9.17) is 4.74 Å². The van der Waals surface area contributed by atoms with Gasteiger partial charge in [0, 0.05) is 12.1 Å². The molecule has 8 heteroatoms. The second-order valence-electron chi connectivity index (χ2n) is 6.02. The summed E-state index contributed by atoms with van der Waals surface area (Å²) in [7, 11) is 0. The summed E-state index contributed by atoms with van der Waals surface area (Å²) in [5.74, 6) is -0.475. The van der Waals surface area contributed by atoms with Crippen LogP contribution in [0.25, 0.3) is 11.0 Å². The molecule has 6 nitrogen and oxygen atoms in total. The average molecular weight is 397 g/mol. The van der Waals surface area contributed by atoms with E-state index in [1.54, 1.807) is 6.92 Å². The number of carbonyl (C=O) groups excluding carboxylic acids is 1. The number of aliphatic imine (C=N–C) groups is 1. The van der Waals surface area contributed by atoms with Crippen LogP contribution < -0.4 is 5.32 Å². The Morgan fingerprint density at radius 1 is 1.19 bits per heavy atom. The van der Waals surface area contributed by atoms with Crippen LogP contribution in [0.2, 0.25) is 0 Å². The van der Waals surface area contributed by atoms with Gasteiger partial charge in [-0.05, 0) is 58.5 Å². The van der Waals surface area contributed by atoms with E-state index < -0.39 is 5.97 Å². The van der Waals surface area contributed by atoms with E-state index in [0.29, 0.717) is 15.7 Å². The van der Waals surface area contributed by atoms with Crippen molar-refractivity contribution in [2.75, 3.05) is 6.61 Å². The van der Waals surface area contributed by atoms with Gasteiger partial charge in [0.15, 0.2) is 10.9 Å². The lowest BCUT2D eigenvalue weighted by atomic mass is 10.3. The number of rotatable bonds is 5. The van der Waals surface area contributed by atoms with Gasteiger partial charge in [0.2, 0.25) is 0 Å². The third kappa shape index (κ3) is 6.14. The summed E-state index contributed by atoms with van der Waals surface area (Å²) in [6.45, 7) is 10.1. The van der Waals surface area contributed by atoms with Crippen molar-refractivity contribution in [3.8, 4) is 0 Å². The van der Waals surface area contributed by atoms with E-state index in [1.165, 1.54) is 11.8 Å². The molecule has 0 saturated carbocycles. The highest BCUT2D eigenvalue weighted by Gasteiger charge is 2.20. The molecular formula is C18H25ClN4O2S. The number of thioether (sulfide) groups is 1. The summed E-state index contributed by atoms with van der Waals surface area (Å²) < 4.78 is 5.15. The van der Waals surface area contributed by atoms with Gasteiger partial charge in [-0.15, -0.1) is 12.4 Å². The summed E-state index contributed by atoms with van der Waals surface area (Å²) in [5, 5.41) is 4.50. The van der Waals surface area contributed by atoms with Crippen LogP contribution in [-0.4, -0.2) is 39.8 Å². The molecule has 0 amide bonds. The molecule has 0 unspecified atom stereocenters. The van der Waals surface area contributed by atoms with Crippen molar-refractivity contribution in [2.45, 2.75) is 51.7 Å². The zero-order valence-electron chi connectivity index (χ0n) is 15.6. The van der Waals surface area contributed by atoms with E-state index in [9.17, 15) is 4.79 Å². The van der Waals surface area contributed by atoms with Gasteiger partial charge >= 0.3 is 5.97 Å². The molecule has 1 aromatic carbocycles. The summed E-state index contributed by atoms with van der Waals surface area (Å²) in [6, 6.07) is 7.79. The lowest BCUT2D eigenvalue weighted by molar-refractivity contribution is 0.0514. The summed E-state index contributed by atoms with van der Waals surface area (Å²) in [5.41, 5.74) is 1.60. The minimum absolute atomic E-state index is 0. The number of hydrogen-bond acceptors (Lipinski definition) is 6. The van der Waals surface area contributed by atoms with Crippen molar-refractivity contribution >= 4 is 46.3 Å². The smallest absolute Gasteiger partial charge is 0.359 e. The number of ether oxygens (including phenoxy) is 1. The maximum absolute atomic E-state index is 12.3. The molecule has 2 rings (SSSR count). The van der Waals surface area contributed by atoms with Gasteiger partial charge < -0.3 is 10.1 Å². The monoisotopic (exact) mass is 396 g/mol. The molecule has 0 radical (unpaired) electrons. The molecule has 142 valence electrons. The first-order chi connectivity index (χ1) is 11.9. The topological polar surface area (TPSA) is 76.5 Å². The number of nitrogens with zero attached hydrogens (tertiary/aromatic N) is 3. The first-order valence-electron chi connectivity index (χ1n) is 8.36. The summed E-state index contributed by atoms with van der Waals surface area (Å²) in [4.78, 5) is 26.0. The highest BCUT2D eigenvalue weighted by atomic mass is 35.5. The van der Waals surface area contributed by atoms with Gasteiger partial charge in [0.05, 0.1) is 17.6 Å². The Balaban J connectivity index is 0.00000338. The zero-order valence-corrected chi connectivity index (χ0v) is 17.3. The van der Waals surface area contributed by atoms with Gasteiger partial charge in [0.1, 0.15) is 5.03 Å². The molecule has 0 aliphatic rings. The van der Waals surface area contributed by atoms with Crippen molar-refractivity contribution in [1.82, 2.24) is 15.3 Å². The van der Waals surface area contributed by atoms with Crippen molar-refractivity contribution in [2.24, 2.45) is 4.99 Å². The van der Waals surface area contributed by atoms with Crippen LogP contribution in [0, 0.1) is 0 Å². The quantitative estimate of drug-likeness (QED) is 0.355. The van der Waals surface area contributed by atoms with Gasteiger partial charge in [-0.25, -0.2) is 14.8 Å². The lowest BCUT2D eigenvalue weighted by Crippen LogP contribution is -2.29. The van der Waals surface area contributed by atoms with Gasteiger partial charge in [-0.2, -0.15) is 0 Å². The highest BCUT2D eigenvalue weighted by Crippen LogP contribution is 2.24. The summed E-state index contributed by atoms with van der Waals surface area (Å²) in [6.07, 6.45) is 0. The zero-order chi connectivity index (χ0) is 18.4. The molecule has 0 bridgehead atoms. The molecular weight excluding hydrogens is 372 g/mol. The van der Waals surface area contributed by atoms with Crippen molar-refractivity contribution in [1.29, 1.82) is 0 Å². The fraction of sp³-hybridized carbons (Fsp3) is 0.444. The standard InChI is InChI=1S/C18H24N4O2S.ClH/c1-6-24-17(23)15-16(22-14-10-8-7-9-13(14)21-15)25-18(19-11(2)3)20-12(4)5;/h7-12H,6H2,1-5H3,(H,19,20);1H. The molecule has 1 aromatic heterocycles. The van der Waals surface area contributed by atoms with Gasteiger partial charge in [-0.3, -0.25) is 4.99 Å². The first-order valence-corrected chi connectivity index (χ1v) is 9.18. The van der Waals surface area contributed by atoms with Crippen LogP contribution in [0.5, 0.6) is 0 Å². The van der Waals surface area contributed by atoms with Crippen molar-refractivity contribution < 1.29 is 9.53 Å². The minimum atomic E-state index is -0.475. The third-order valence-electron chi connectivity index (χ3n) is 2.99. The molecule has 0 aliphatic carbocycles. The maximum Gasteiger partial charge on any atom is 0.359 e. The Bertz CT molecular complexity index is 781. The molecule has 0 fully saturated rings. The number of hydrogen-bond donors (Lipinski definition) is 1. The van der Waals surface area contributed by atoms with Crippen LogP contribution >= 0.6 is 24.2 Å². The Labute approximate surface area is 164 Å². The number of carbonyl (C=O) groups is 1. The molecule has 2 aromatic rings. The number of esters is 1. The predicted molar refractivity (Wildman–Crippen MR) is 109 cm³/mol. The second kappa shape index (κ2) is 10.3. The first kappa shape index (κ1) is 22.2. The summed E-state index contributed by atoms with van der Waals surface area (Å²) >= 11 is 1.31. The van der Waals surface area contributed by atoms with E-state index >= 15 is 0 Å². The molecule has 1 heterocycles. The number of benzene rings is 1. The van der Waals surface area contributed by atoms with Gasteiger partial charge in [0.25, 0.3) is 0 Å².